The van der Waals surface area contributed by atoms with Crippen LogP contribution in [0.15, 0.2) is 23.1 Å². The van der Waals surface area contributed by atoms with Gasteiger partial charge in [-0.2, -0.15) is 0 Å². The number of alkyl halides is 2. The molecule has 0 bridgehead atoms. The Balaban J connectivity index is 1.95. The number of hydrogen-bond donors (Lipinski definition) is 1. The Labute approximate surface area is 115 Å². The lowest BCUT2D eigenvalue weighted by Gasteiger charge is -2.28. The van der Waals surface area contributed by atoms with Crippen LogP contribution in [0.1, 0.15) is 25.7 Å². The average Bonchev–Trinajstić information content (AvgIpc) is 2.27. The number of hydrogen-bond acceptors (Lipinski definition) is 2. The van der Waals surface area contributed by atoms with E-state index in [9.17, 15) is 8.78 Å². The van der Waals surface area contributed by atoms with Crippen molar-refractivity contribution >= 4 is 29.1 Å². The molecule has 1 aliphatic carbocycles. The summed E-state index contributed by atoms with van der Waals surface area (Å²) in [5, 5.41) is 0.600. The third-order valence-corrected chi connectivity index (χ3v) is 5.01. The molecule has 0 heterocycles. The monoisotopic (exact) mass is 291 g/mol. The summed E-state index contributed by atoms with van der Waals surface area (Å²) in [5.41, 5.74) is 6.46. The minimum atomic E-state index is -2.49. The van der Waals surface area contributed by atoms with Crippen molar-refractivity contribution in [2.45, 2.75) is 36.5 Å². The topological polar surface area (TPSA) is 26.0 Å². The largest absolute Gasteiger partial charge is 0.398 e. The van der Waals surface area contributed by atoms with Crippen molar-refractivity contribution in [3.8, 4) is 0 Å². The van der Waals surface area contributed by atoms with E-state index in [0.717, 1.165) is 11.3 Å². The second-order valence-electron chi connectivity index (χ2n) is 4.79. The van der Waals surface area contributed by atoms with Crippen LogP contribution in [0, 0.1) is 5.92 Å². The van der Waals surface area contributed by atoms with E-state index in [1.54, 1.807) is 18.2 Å². The molecule has 100 valence electrons. The maximum atomic E-state index is 13.3. The van der Waals surface area contributed by atoms with Gasteiger partial charge in [-0.1, -0.05) is 17.7 Å². The third kappa shape index (κ3) is 3.51. The van der Waals surface area contributed by atoms with Crippen molar-refractivity contribution in [3.05, 3.63) is 23.2 Å². The fourth-order valence-corrected chi connectivity index (χ4v) is 3.77. The van der Waals surface area contributed by atoms with E-state index in [0.29, 0.717) is 22.9 Å². The second kappa shape index (κ2) is 5.66. The summed E-state index contributed by atoms with van der Waals surface area (Å²) >= 11 is 7.54. The SMILES string of the molecule is Nc1cccc(Cl)c1SCC1CCCC(F)(F)C1. The highest BCUT2D eigenvalue weighted by Crippen LogP contribution is 2.40. The Morgan fingerprint density at radius 1 is 1.44 bits per heavy atom. The first kappa shape index (κ1) is 13.9. The first-order valence-corrected chi connectivity index (χ1v) is 7.39. The lowest BCUT2D eigenvalue weighted by molar-refractivity contribution is -0.0487. The van der Waals surface area contributed by atoms with Crippen LogP contribution in [-0.2, 0) is 0 Å². The Morgan fingerprint density at radius 3 is 2.89 bits per heavy atom. The molecule has 0 amide bonds. The molecule has 1 atom stereocenters. The number of halogens is 3. The zero-order chi connectivity index (χ0) is 13.2. The highest BCUT2D eigenvalue weighted by atomic mass is 35.5. The van der Waals surface area contributed by atoms with E-state index in [-0.39, 0.29) is 18.8 Å². The first-order valence-electron chi connectivity index (χ1n) is 6.02. The van der Waals surface area contributed by atoms with Crippen LogP contribution < -0.4 is 5.73 Å². The summed E-state index contributed by atoms with van der Waals surface area (Å²) in [6.45, 7) is 0. The van der Waals surface area contributed by atoms with Gasteiger partial charge in [-0.15, -0.1) is 11.8 Å². The summed E-state index contributed by atoms with van der Waals surface area (Å²) in [5.74, 6) is -1.78. The highest BCUT2D eigenvalue weighted by Gasteiger charge is 2.36. The van der Waals surface area contributed by atoms with Gasteiger partial charge in [0.15, 0.2) is 0 Å². The molecule has 2 N–H and O–H groups in total. The minimum Gasteiger partial charge on any atom is -0.398 e. The zero-order valence-electron chi connectivity index (χ0n) is 9.96. The van der Waals surface area contributed by atoms with Gasteiger partial charge < -0.3 is 5.73 Å². The van der Waals surface area contributed by atoms with Gasteiger partial charge >= 0.3 is 0 Å². The molecule has 0 radical (unpaired) electrons. The molecule has 1 aliphatic rings. The van der Waals surface area contributed by atoms with E-state index in [1.807, 2.05) is 0 Å². The molecule has 1 aromatic carbocycles. The summed E-state index contributed by atoms with van der Waals surface area (Å²) in [6, 6.07) is 5.34. The molecular weight excluding hydrogens is 276 g/mol. The predicted octanol–water partition coefficient (Wildman–Crippen LogP) is 4.84. The van der Waals surface area contributed by atoms with Crippen LogP contribution in [0.2, 0.25) is 5.02 Å². The average molecular weight is 292 g/mol. The van der Waals surface area contributed by atoms with Crippen molar-refractivity contribution in [2.75, 3.05) is 11.5 Å². The lowest BCUT2D eigenvalue weighted by atomic mass is 9.88. The molecular formula is C13H16ClF2NS. The fourth-order valence-electron chi connectivity index (χ4n) is 2.30. The Morgan fingerprint density at radius 2 is 2.22 bits per heavy atom. The second-order valence-corrected chi connectivity index (χ2v) is 6.22. The Bertz CT molecular complexity index is 405. The summed E-state index contributed by atoms with van der Waals surface area (Å²) in [7, 11) is 0. The highest BCUT2D eigenvalue weighted by molar-refractivity contribution is 7.99. The summed E-state index contributed by atoms with van der Waals surface area (Å²) in [6.07, 6.45) is 1.50. The normalized spacial score (nSPS) is 22.9. The van der Waals surface area contributed by atoms with E-state index >= 15 is 0 Å². The molecule has 5 heteroatoms. The molecule has 18 heavy (non-hydrogen) atoms. The molecule has 1 nitrogen and oxygen atoms in total. The van der Waals surface area contributed by atoms with Gasteiger partial charge in [0, 0.05) is 29.2 Å². The summed E-state index contributed by atoms with van der Waals surface area (Å²) < 4.78 is 26.6. The van der Waals surface area contributed by atoms with Crippen LogP contribution in [0.4, 0.5) is 14.5 Å². The van der Waals surface area contributed by atoms with Crippen LogP contribution in [-0.4, -0.2) is 11.7 Å². The fraction of sp³-hybridized carbons (Fsp3) is 0.538. The molecule has 1 saturated carbocycles. The van der Waals surface area contributed by atoms with E-state index in [2.05, 4.69) is 0 Å². The van der Waals surface area contributed by atoms with Gasteiger partial charge in [0.25, 0.3) is 0 Å². The number of nitrogens with two attached hydrogens (primary N) is 1. The van der Waals surface area contributed by atoms with Crippen LogP contribution in [0.25, 0.3) is 0 Å². The van der Waals surface area contributed by atoms with Gasteiger partial charge in [-0.3, -0.25) is 0 Å². The van der Waals surface area contributed by atoms with Gasteiger partial charge in [0.1, 0.15) is 0 Å². The maximum absolute atomic E-state index is 13.3. The number of rotatable bonds is 3. The Hall–Kier alpha value is -0.480. The molecule has 1 unspecified atom stereocenters. The molecule has 1 fully saturated rings. The minimum absolute atomic E-state index is 0.00957. The number of benzene rings is 1. The van der Waals surface area contributed by atoms with Gasteiger partial charge in [-0.25, -0.2) is 8.78 Å². The van der Waals surface area contributed by atoms with Crippen molar-refractivity contribution in [3.63, 3.8) is 0 Å². The lowest BCUT2D eigenvalue weighted by Crippen LogP contribution is -2.27. The molecule has 0 aromatic heterocycles. The maximum Gasteiger partial charge on any atom is 0.248 e. The summed E-state index contributed by atoms with van der Waals surface area (Å²) in [4.78, 5) is 0.813. The zero-order valence-corrected chi connectivity index (χ0v) is 11.5. The molecule has 2 rings (SSSR count). The number of nitrogen functional groups attached to an aromatic ring is 1. The van der Waals surface area contributed by atoms with Crippen LogP contribution in [0.5, 0.6) is 0 Å². The van der Waals surface area contributed by atoms with Crippen LogP contribution in [0.3, 0.4) is 0 Å². The Kier molecular flexibility index (Phi) is 4.38. The standard InChI is InChI=1S/C13H16ClF2NS/c14-10-4-1-5-11(17)12(10)18-8-9-3-2-6-13(15,16)7-9/h1,4-5,9H,2-3,6-8,17H2. The van der Waals surface area contributed by atoms with Gasteiger partial charge in [-0.05, 0) is 30.9 Å². The molecule has 1 aromatic rings. The molecule has 0 saturated heterocycles. The quantitative estimate of drug-likeness (QED) is 0.637. The van der Waals surface area contributed by atoms with Crippen molar-refractivity contribution in [1.82, 2.24) is 0 Å². The number of thioether (sulfide) groups is 1. The van der Waals surface area contributed by atoms with Crippen LogP contribution >= 0.6 is 23.4 Å². The smallest absolute Gasteiger partial charge is 0.248 e. The molecule has 0 aliphatic heterocycles. The molecule has 0 spiro atoms. The van der Waals surface area contributed by atoms with Crippen molar-refractivity contribution in [2.24, 2.45) is 5.92 Å². The van der Waals surface area contributed by atoms with Crippen molar-refractivity contribution in [1.29, 1.82) is 0 Å². The van der Waals surface area contributed by atoms with Gasteiger partial charge in [0.05, 0.1) is 5.02 Å². The van der Waals surface area contributed by atoms with Gasteiger partial charge in [0.2, 0.25) is 5.92 Å². The predicted molar refractivity (Wildman–Crippen MR) is 73.5 cm³/mol. The van der Waals surface area contributed by atoms with Crippen molar-refractivity contribution < 1.29 is 8.78 Å². The van der Waals surface area contributed by atoms with E-state index < -0.39 is 5.92 Å². The number of anilines is 1. The first-order chi connectivity index (χ1) is 8.48. The van der Waals surface area contributed by atoms with E-state index in [4.69, 9.17) is 17.3 Å². The third-order valence-electron chi connectivity index (χ3n) is 3.20. The van der Waals surface area contributed by atoms with E-state index in [1.165, 1.54) is 11.8 Å².